The molecule has 3 rings (SSSR count). The summed E-state index contributed by atoms with van der Waals surface area (Å²) < 4.78 is 5.29. The average Bonchev–Trinajstić information content (AvgIpc) is 3.14. The summed E-state index contributed by atoms with van der Waals surface area (Å²) in [6, 6.07) is 9.37. The van der Waals surface area contributed by atoms with Crippen LogP contribution in [-0.4, -0.2) is 36.1 Å². The first-order valence-corrected chi connectivity index (χ1v) is 7.75. The van der Waals surface area contributed by atoms with E-state index in [0.717, 1.165) is 30.2 Å². The summed E-state index contributed by atoms with van der Waals surface area (Å²) >= 11 is 0. The van der Waals surface area contributed by atoms with Gasteiger partial charge in [0.05, 0.1) is 7.11 Å². The molecule has 0 saturated carbocycles. The fourth-order valence-corrected chi connectivity index (χ4v) is 2.71. The second-order valence-electron chi connectivity index (χ2n) is 5.45. The van der Waals surface area contributed by atoms with Crippen molar-refractivity contribution in [2.75, 3.05) is 25.1 Å². The van der Waals surface area contributed by atoms with Crippen molar-refractivity contribution in [1.29, 1.82) is 0 Å². The zero-order valence-corrected chi connectivity index (χ0v) is 13.2. The Morgan fingerprint density at radius 2 is 2.04 bits per heavy atom. The van der Waals surface area contributed by atoms with E-state index in [-0.39, 0.29) is 5.91 Å². The lowest BCUT2D eigenvalue weighted by Crippen LogP contribution is -2.25. The minimum Gasteiger partial charge on any atom is -0.496 e. The summed E-state index contributed by atoms with van der Waals surface area (Å²) in [6.07, 6.45) is 3.78. The first-order chi connectivity index (χ1) is 11.3. The number of benzene rings is 1. The van der Waals surface area contributed by atoms with E-state index in [2.05, 4.69) is 20.2 Å². The lowest BCUT2D eigenvalue weighted by atomic mass is 10.2. The number of carbonyl (C=O) groups excluding carboxylic acids is 1. The summed E-state index contributed by atoms with van der Waals surface area (Å²) in [6.45, 7) is 2.37. The van der Waals surface area contributed by atoms with Crippen molar-refractivity contribution in [2.45, 2.75) is 19.4 Å². The van der Waals surface area contributed by atoms with Crippen LogP contribution >= 0.6 is 0 Å². The lowest BCUT2D eigenvalue weighted by molar-refractivity contribution is 0.0945. The van der Waals surface area contributed by atoms with Crippen molar-refractivity contribution in [1.82, 2.24) is 15.3 Å². The molecule has 0 bridgehead atoms. The molecule has 0 aliphatic carbocycles. The molecule has 2 heterocycles. The molecule has 23 heavy (non-hydrogen) atoms. The smallest absolute Gasteiger partial charge is 0.270 e. The number of rotatable bonds is 5. The van der Waals surface area contributed by atoms with Crippen molar-refractivity contribution >= 4 is 11.7 Å². The van der Waals surface area contributed by atoms with E-state index in [4.69, 9.17) is 4.74 Å². The van der Waals surface area contributed by atoms with E-state index in [0.29, 0.717) is 12.2 Å². The molecular weight excluding hydrogens is 292 g/mol. The number of aromatic nitrogens is 2. The number of hydrogen-bond donors (Lipinski definition) is 1. The number of nitrogens with one attached hydrogen (secondary N) is 1. The van der Waals surface area contributed by atoms with Crippen LogP contribution in [0.3, 0.4) is 0 Å². The zero-order valence-electron chi connectivity index (χ0n) is 13.2. The van der Waals surface area contributed by atoms with Gasteiger partial charge in [0.2, 0.25) is 0 Å². The van der Waals surface area contributed by atoms with Crippen molar-refractivity contribution < 1.29 is 9.53 Å². The third-order valence-corrected chi connectivity index (χ3v) is 3.95. The van der Waals surface area contributed by atoms with Gasteiger partial charge in [-0.05, 0) is 18.9 Å². The molecule has 1 amide bonds. The van der Waals surface area contributed by atoms with E-state index in [1.54, 1.807) is 13.2 Å². The van der Waals surface area contributed by atoms with E-state index < -0.39 is 0 Å². The van der Waals surface area contributed by atoms with Crippen molar-refractivity contribution in [3.8, 4) is 5.75 Å². The van der Waals surface area contributed by atoms with Crippen LogP contribution in [0.1, 0.15) is 28.9 Å². The Kier molecular flexibility index (Phi) is 4.71. The Labute approximate surface area is 135 Å². The second-order valence-corrected chi connectivity index (χ2v) is 5.45. The average molecular weight is 312 g/mol. The second kappa shape index (κ2) is 7.09. The van der Waals surface area contributed by atoms with Crippen molar-refractivity contribution in [3.05, 3.63) is 47.9 Å². The minimum atomic E-state index is -0.209. The van der Waals surface area contributed by atoms with Crippen LogP contribution in [-0.2, 0) is 6.54 Å². The molecule has 0 radical (unpaired) electrons. The predicted molar refractivity (Wildman–Crippen MR) is 87.6 cm³/mol. The van der Waals surface area contributed by atoms with Gasteiger partial charge >= 0.3 is 0 Å². The normalized spacial score (nSPS) is 13.9. The highest BCUT2D eigenvalue weighted by Gasteiger charge is 2.16. The van der Waals surface area contributed by atoms with E-state index in [9.17, 15) is 4.79 Å². The van der Waals surface area contributed by atoms with Crippen LogP contribution in [0.25, 0.3) is 0 Å². The molecule has 0 atom stereocenters. The van der Waals surface area contributed by atoms with E-state index in [1.165, 1.54) is 19.2 Å². The van der Waals surface area contributed by atoms with Gasteiger partial charge in [0.1, 0.15) is 23.6 Å². The Hall–Kier alpha value is -2.63. The van der Waals surface area contributed by atoms with Crippen LogP contribution in [0, 0.1) is 0 Å². The largest absolute Gasteiger partial charge is 0.496 e. The van der Waals surface area contributed by atoms with Gasteiger partial charge in [-0.15, -0.1) is 0 Å². The maximum absolute atomic E-state index is 12.3. The van der Waals surface area contributed by atoms with Crippen LogP contribution in [0.2, 0.25) is 0 Å². The molecule has 1 aliphatic rings. The number of methoxy groups -OCH3 is 1. The number of carbonyl (C=O) groups is 1. The summed E-state index contributed by atoms with van der Waals surface area (Å²) in [4.78, 5) is 22.9. The van der Waals surface area contributed by atoms with Crippen molar-refractivity contribution in [2.24, 2.45) is 0 Å². The molecule has 6 nitrogen and oxygen atoms in total. The number of anilines is 1. The Balaban J connectivity index is 1.67. The van der Waals surface area contributed by atoms with Gasteiger partial charge < -0.3 is 15.0 Å². The lowest BCUT2D eigenvalue weighted by Gasteiger charge is -2.16. The molecule has 6 heteroatoms. The molecule has 1 aliphatic heterocycles. The molecule has 1 saturated heterocycles. The quantitative estimate of drug-likeness (QED) is 0.915. The number of amides is 1. The first kappa shape index (κ1) is 15.3. The van der Waals surface area contributed by atoms with E-state index in [1.807, 2.05) is 24.3 Å². The summed E-state index contributed by atoms with van der Waals surface area (Å²) in [5, 5.41) is 2.88. The number of hydrogen-bond acceptors (Lipinski definition) is 5. The summed E-state index contributed by atoms with van der Waals surface area (Å²) in [5.41, 5.74) is 1.31. The predicted octanol–water partition coefficient (Wildman–Crippen LogP) is 2.02. The minimum absolute atomic E-state index is 0.209. The topological polar surface area (TPSA) is 67.3 Å². The fourth-order valence-electron chi connectivity index (χ4n) is 2.71. The number of para-hydroxylation sites is 1. The van der Waals surface area contributed by atoms with Gasteiger partial charge in [0, 0.05) is 31.3 Å². The van der Waals surface area contributed by atoms with Gasteiger partial charge in [0.15, 0.2) is 0 Å². The maximum Gasteiger partial charge on any atom is 0.270 e. The molecule has 1 aromatic heterocycles. The fraction of sp³-hybridized carbons (Fsp3) is 0.353. The van der Waals surface area contributed by atoms with Gasteiger partial charge in [-0.25, -0.2) is 9.97 Å². The summed E-state index contributed by atoms with van der Waals surface area (Å²) in [5.74, 6) is 1.37. The molecule has 1 fully saturated rings. The molecule has 120 valence electrons. The Morgan fingerprint density at radius 1 is 1.26 bits per heavy atom. The zero-order chi connectivity index (χ0) is 16.1. The Bertz CT molecular complexity index is 684. The maximum atomic E-state index is 12.3. The number of nitrogens with zero attached hydrogens (tertiary/aromatic N) is 3. The SMILES string of the molecule is COc1ccccc1CNC(=O)c1cc(N2CCCC2)ncn1. The van der Waals surface area contributed by atoms with Crippen LogP contribution in [0.4, 0.5) is 5.82 Å². The standard InChI is InChI=1S/C17H20N4O2/c1-23-15-7-3-2-6-13(15)11-18-17(22)14-10-16(20-12-19-14)21-8-4-5-9-21/h2-3,6-7,10,12H,4-5,8-9,11H2,1H3,(H,18,22). The van der Waals surface area contributed by atoms with Gasteiger partial charge in [-0.3, -0.25) is 4.79 Å². The highest BCUT2D eigenvalue weighted by Crippen LogP contribution is 2.18. The first-order valence-electron chi connectivity index (χ1n) is 7.75. The third kappa shape index (κ3) is 3.59. The number of ether oxygens (including phenoxy) is 1. The third-order valence-electron chi connectivity index (χ3n) is 3.95. The highest BCUT2D eigenvalue weighted by molar-refractivity contribution is 5.92. The highest BCUT2D eigenvalue weighted by atomic mass is 16.5. The molecule has 0 spiro atoms. The van der Waals surface area contributed by atoms with Crippen LogP contribution in [0.5, 0.6) is 5.75 Å². The molecule has 2 aromatic rings. The van der Waals surface area contributed by atoms with Crippen molar-refractivity contribution in [3.63, 3.8) is 0 Å². The molecule has 1 aromatic carbocycles. The van der Waals surface area contributed by atoms with Crippen LogP contribution < -0.4 is 15.0 Å². The molecular formula is C17H20N4O2. The Morgan fingerprint density at radius 3 is 2.83 bits per heavy atom. The van der Waals surface area contributed by atoms with Gasteiger partial charge in [-0.1, -0.05) is 18.2 Å². The molecule has 0 unspecified atom stereocenters. The summed E-state index contributed by atoms with van der Waals surface area (Å²) in [7, 11) is 1.62. The molecule has 1 N–H and O–H groups in total. The van der Waals surface area contributed by atoms with Crippen LogP contribution in [0.15, 0.2) is 36.7 Å². The van der Waals surface area contributed by atoms with Gasteiger partial charge in [-0.2, -0.15) is 0 Å². The monoisotopic (exact) mass is 312 g/mol. The van der Waals surface area contributed by atoms with E-state index >= 15 is 0 Å². The van der Waals surface area contributed by atoms with Gasteiger partial charge in [0.25, 0.3) is 5.91 Å².